The summed E-state index contributed by atoms with van der Waals surface area (Å²) in [5.41, 5.74) is -1.22. The monoisotopic (exact) mass is 398 g/mol. The summed E-state index contributed by atoms with van der Waals surface area (Å²) in [7, 11) is 0. The Morgan fingerprint density at radius 1 is 0.929 bits per heavy atom. The van der Waals surface area contributed by atoms with Crippen LogP contribution in [0, 0.1) is 28.6 Å². The van der Waals surface area contributed by atoms with E-state index in [1.807, 2.05) is 20.8 Å². The number of carbonyl (C=O) groups is 2. The van der Waals surface area contributed by atoms with Gasteiger partial charge in [0.2, 0.25) is 0 Å². The van der Waals surface area contributed by atoms with Gasteiger partial charge >= 0.3 is 11.9 Å². The third-order valence-corrected chi connectivity index (χ3v) is 5.36. The van der Waals surface area contributed by atoms with Gasteiger partial charge in [-0.1, -0.05) is 27.2 Å². The maximum atomic E-state index is 12.4. The molecular formula is C23H42O5. The van der Waals surface area contributed by atoms with Gasteiger partial charge in [0.05, 0.1) is 23.5 Å². The van der Waals surface area contributed by atoms with E-state index in [1.165, 1.54) is 6.42 Å². The van der Waals surface area contributed by atoms with E-state index in [2.05, 4.69) is 20.8 Å². The van der Waals surface area contributed by atoms with Crippen molar-refractivity contribution in [1.82, 2.24) is 0 Å². The summed E-state index contributed by atoms with van der Waals surface area (Å²) in [6.45, 7) is 17.8. The average Bonchev–Trinajstić information content (AvgIpc) is 2.54. The zero-order valence-corrected chi connectivity index (χ0v) is 19.5. The maximum absolute atomic E-state index is 12.4. The molecule has 1 saturated carbocycles. The maximum Gasteiger partial charge on any atom is 0.311 e. The van der Waals surface area contributed by atoms with Gasteiger partial charge in [0.25, 0.3) is 0 Å². The number of hydrogen-bond acceptors (Lipinski definition) is 5. The molecule has 1 aliphatic carbocycles. The van der Waals surface area contributed by atoms with Gasteiger partial charge in [0.1, 0.15) is 6.61 Å². The topological polar surface area (TPSA) is 61.8 Å². The molecule has 1 fully saturated rings. The van der Waals surface area contributed by atoms with Crippen molar-refractivity contribution in [2.45, 2.75) is 93.8 Å². The minimum Gasteiger partial charge on any atom is -0.461 e. The molecule has 0 heterocycles. The summed E-state index contributed by atoms with van der Waals surface area (Å²) >= 11 is 0. The Kier molecular flexibility index (Phi) is 8.98. The minimum atomic E-state index is -0.619. The van der Waals surface area contributed by atoms with Crippen LogP contribution in [0.15, 0.2) is 0 Å². The summed E-state index contributed by atoms with van der Waals surface area (Å²) in [5.74, 6) is 1.06. The highest BCUT2D eigenvalue weighted by atomic mass is 16.6. The largest absolute Gasteiger partial charge is 0.461 e. The number of hydrogen-bond donors (Lipinski definition) is 0. The second-order valence-electron chi connectivity index (χ2n) is 10.8. The number of carbonyl (C=O) groups excluding carboxylic acids is 2. The van der Waals surface area contributed by atoms with Crippen molar-refractivity contribution in [3.05, 3.63) is 0 Å². The molecule has 0 spiro atoms. The first kappa shape index (κ1) is 24.9. The zero-order chi connectivity index (χ0) is 21.7. The molecule has 0 bridgehead atoms. The molecule has 0 aromatic rings. The van der Waals surface area contributed by atoms with Crippen LogP contribution in [0.1, 0.15) is 81.6 Å². The van der Waals surface area contributed by atoms with Crippen LogP contribution in [0.3, 0.4) is 0 Å². The molecule has 0 aromatic heterocycles. The molecule has 0 aromatic carbocycles. The molecule has 28 heavy (non-hydrogen) atoms. The molecule has 5 nitrogen and oxygen atoms in total. The molecule has 0 amide bonds. The van der Waals surface area contributed by atoms with Crippen molar-refractivity contribution in [3.8, 4) is 0 Å². The van der Waals surface area contributed by atoms with E-state index >= 15 is 0 Å². The van der Waals surface area contributed by atoms with Crippen molar-refractivity contribution in [2.75, 3.05) is 13.2 Å². The van der Waals surface area contributed by atoms with E-state index < -0.39 is 16.9 Å². The van der Waals surface area contributed by atoms with E-state index in [4.69, 9.17) is 14.2 Å². The van der Waals surface area contributed by atoms with Crippen LogP contribution in [0.25, 0.3) is 0 Å². The van der Waals surface area contributed by atoms with Crippen LogP contribution in [0.5, 0.6) is 0 Å². The summed E-state index contributed by atoms with van der Waals surface area (Å²) < 4.78 is 17.3. The highest BCUT2D eigenvalue weighted by molar-refractivity contribution is 5.76. The fourth-order valence-electron chi connectivity index (χ4n) is 3.37. The Bertz CT molecular complexity index is 512. The fraction of sp³-hybridized carbons (Fsp3) is 0.913. The third-order valence-electron chi connectivity index (χ3n) is 5.36. The smallest absolute Gasteiger partial charge is 0.311 e. The van der Waals surface area contributed by atoms with Crippen molar-refractivity contribution in [1.29, 1.82) is 0 Å². The van der Waals surface area contributed by atoms with Gasteiger partial charge in [0, 0.05) is 0 Å². The molecule has 0 saturated heterocycles. The molecule has 1 aliphatic rings. The highest BCUT2D eigenvalue weighted by Crippen LogP contribution is 2.35. The van der Waals surface area contributed by atoms with Crippen LogP contribution in [-0.4, -0.2) is 37.4 Å². The number of rotatable bonds is 7. The van der Waals surface area contributed by atoms with Crippen LogP contribution in [-0.2, 0) is 23.8 Å². The predicted molar refractivity (Wildman–Crippen MR) is 111 cm³/mol. The summed E-state index contributed by atoms with van der Waals surface area (Å²) in [4.78, 5) is 24.5. The molecule has 0 aliphatic heterocycles. The van der Waals surface area contributed by atoms with Gasteiger partial charge in [-0.3, -0.25) is 9.59 Å². The second kappa shape index (κ2) is 10.1. The predicted octanol–water partition coefficient (Wildman–Crippen LogP) is 5.01. The lowest BCUT2D eigenvalue weighted by atomic mass is 9.75. The Hall–Kier alpha value is -1.10. The minimum absolute atomic E-state index is 0.0204. The summed E-state index contributed by atoms with van der Waals surface area (Å²) in [6, 6.07) is 0. The SMILES string of the molecule is CC1CCC(C(C)C)C(OCC(COC(=O)C(C)(C)C)OC(=O)C(C)(C)C)C1. The molecule has 0 radical (unpaired) electrons. The normalized spacial score (nSPS) is 24.7. The van der Waals surface area contributed by atoms with Crippen molar-refractivity contribution in [3.63, 3.8) is 0 Å². The third kappa shape index (κ3) is 8.10. The average molecular weight is 399 g/mol. The van der Waals surface area contributed by atoms with Gasteiger partial charge in [-0.05, 0) is 72.1 Å². The van der Waals surface area contributed by atoms with Crippen molar-refractivity contribution >= 4 is 11.9 Å². The Balaban J connectivity index is 2.77. The highest BCUT2D eigenvalue weighted by Gasteiger charge is 2.34. The van der Waals surface area contributed by atoms with Crippen LogP contribution >= 0.6 is 0 Å². The van der Waals surface area contributed by atoms with Crippen LogP contribution in [0.4, 0.5) is 0 Å². The standard InChI is InChI=1S/C23H42O5/c1-15(2)18-11-10-16(3)12-19(18)26-13-17(28-21(25)23(7,8)9)14-27-20(24)22(4,5)6/h15-19H,10-14H2,1-9H3. The van der Waals surface area contributed by atoms with Gasteiger partial charge in [-0.25, -0.2) is 0 Å². The van der Waals surface area contributed by atoms with E-state index in [0.29, 0.717) is 17.8 Å². The lowest BCUT2D eigenvalue weighted by Gasteiger charge is -2.38. The van der Waals surface area contributed by atoms with E-state index in [-0.39, 0.29) is 31.3 Å². The van der Waals surface area contributed by atoms with Gasteiger partial charge in [0.15, 0.2) is 6.10 Å². The molecule has 4 atom stereocenters. The Labute approximate surface area is 171 Å². The molecular weight excluding hydrogens is 356 g/mol. The molecule has 4 unspecified atom stereocenters. The number of esters is 2. The molecule has 1 rings (SSSR count). The van der Waals surface area contributed by atoms with Crippen molar-refractivity contribution < 1.29 is 23.8 Å². The molecule has 0 N–H and O–H groups in total. The first-order valence-corrected chi connectivity index (χ1v) is 10.7. The fourth-order valence-corrected chi connectivity index (χ4v) is 3.37. The Morgan fingerprint density at radius 2 is 1.50 bits per heavy atom. The zero-order valence-electron chi connectivity index (χ0n) is 19.5. The second-order valence-corrected chi connectivity index (χ2v) is 10.8. The number of ether oxygens (including phenoxy) is 3. The van der Waals surface area contributed by atoms with Gasteiger partial charge in [-0.2, -0.15) is 0 Å². The molecule has 164 valence electrons. The van der Waals surface area contributed by atoms with E-state index in [9.17, 15) is 9.59 Å². The lowest BCUT2D eigenvalue weighted by molar-refractivity contribution is -0.175. The quantitative estimate of drug-likeness (QED) is 0.564. The van der Waals surface area contributed by atoms with Gasteiger partial charge in [-0.15, -0.1) is 0 Å². The first-order chi connectivity index (χ1) is 12.7. The Morgan fingerprint density at radius 3 is 2.00 bits per heavy atom. The lowest BCUT2D eigenvalue weighted by Crippen LogP contribution is -2.40. The van der Waals surface area contributed by atoms with E-state index in [1.54, 1.807) is 20.8 Å². The molecule has 5 heteroatoms. The summed E-state index contributed by atoms with van der Waals surface area (Å²) in [5, 5.41) is 0. The van der Waals surface area contributed by atoms with Crippen molar-refractivity contribution in [2.24, 2.45) is 28.6 Å². The first-order valence-electron chi connectivity index (χ1n) is 10.7. The summed E-state index contributed by atoms with van der Waals surface area (Å²) in [6.07, 6.45) is 2.97. The van der Waals surface area contributed by atoms with Gasteiger partial charge < -0.3 is 14.2 Å². The van der Waals surface area contributed by atoms with Crippen LogP contribution in [0.2, 0.25) is 0 Å². The van der Waals surface area contributed by atoms with E-state index in [0.717, 1.165) is 12.8 Å². The van der Waals surface area contributed by atoms with Crippen LogP contribution < -0.4 is 0 Å².